The lowest BCUT2D eigenvalue weighted by Crippen LogP contribution is -2.22. The maximum Gasteiger partial charge on any atom is 0.338 e. The molecule has 0 aliphatic rings. The van der Waals surface area contributed by atoms with Gasteiger partial charge in [0, 0.05) is 16.4 Å². The number of halogens is 1. The zero-order chi connectivity index (χ0) is 21.0. The second-order valence-corrected chi connectivity index (χ2v) is 6.79. The number of hydrogen-bond donors (Lipinski definition) is 1. The van der Waals surface area contributed by atoms with Crippen molar-refractivity contribution < 1.29 is 14.3 Å². The van der Waals surface area contributed by atoms with Crippen LogP contribution in [0.2, 0.25) is 5.02 Å². The molecule has 0 aliphatic heterocycles. The number of ether oxygens (including phenoxy) is 1. The highest BCUT2D eigenvalue weighted by Gasteiger charge is 2.21. The molecule has 0 saturated carbocycles. The minimum atomic E-state index is -0.658. The fourth-order valence-corrected chi connectivity index (χ4v) is 3.15. The summed E-state index contributed by atoms with van der Waals surface area (Å²) in [6.45, 7) is 3.20. The summed E-state index contributed by atoms with van der Waals surface area (Å²) >= 11 is 5.86. The normalized spacial score (nSPS) is 10.3. The van der Waals surface area contributed by atoms with Crippen molar-refractivity contribution in [3.05, 3.63) is 82.0 Å². The van der Waals surface area contributed by atoms with Crippen molar-refractivity contribution in [1.29, 1.82) is 5.26 Å². The summed E-state index contributed by atoms with van der Waals surface area (Å²) in [6, 6.07) is 17.8. The topological polar surface area (TPSA) is 84.1 Å². The van der Waals surface area contributed by atoms with Gasteiger partial charge in [0.15, 0.2) is 6.61 Å². The van der Waals surface area contributed by atoms with Crippen LogP contribution in [0.3, 0.4) is 0 Å². The van der Waals surface area contributed by atoms with E-state index in [0.717, 1.165) is 16.9 Å². The van der Waals surface area contributed by atoms with E-state index in [1.807, 2.05) is 44.2 Å². The molecule has 7 heteroatoms. The first-order chi connectivity index (χ1) is 13.9. The van der Waals surface area contributed by atoms with Gasteiger partial charge in [0.2, 0.25) is 0 Å². The Morgan fingerprint density at radius 2 is 1.86 bits per heavy atom. The molecule has 0 bridgehead atoms. The second-order valence-electron chi connectivity index (χ2n) is 6.35. The number of rotatable bonds is 5. The molecule has 29 heavy (non-hydrogen) atoms. The highest BCUT2D eigenvalue weighted by atomic mass is 35.5. The quantitative estimate of drug-likeness (QED) is 0.634. The van der Waals surface area contributed by atoms with Crippen molar-refractivity contribution in [2.45, 2.75) is 13.8 Å². The molecule has 146 valence electrons. The first-order valence-electron chi connectivity index (χ1n) is 8.82. The average molecular weight is 408 g/mol. The molecule has 3 rings (SSSR count). The van der Waals surface area contributed by atoms with Crippen molar-refractivity contribution in [3.63, 3.8) is 0 Å². The van der Waals surface area contributed by atoms with Crippen LogP contribution in [0.15, 0.2) is 54.6 Å². The van der Waals surface area contributed by atoms with Crippen LogP contribution in [-0.2, 0) is 9.53 Å². The number of esters is 1. The number of nitriles is 1. The number of benzene rings is 2. The lowest BCUT2D eigenvalue weighted by Gasteiger charge is -2.13. The summed E-state index contributed by atoms with van der Waals surface area (Å²) < 4.78 is 6.87. The molecule has 0 aliphatic carbocycles. The van der Waals surface area contributed by atoms with E-state index in [4.69, 9.17) is 16.3 Å². The molecule has 0 radical (unpaired) electrons. The number of anilines is 1. The van der Waals surface area contributed by atoms with Gasteiger partial charge in [-0.05, 0) is 49.7 Å². The van der Waals surface area contributed by atoms with Crippen molar-refractivity contribution in [3.8, 4) is 11.8 Å². The monoisotopic (exact) mass is 407 g/mol. The Hall–Kier alpha value is -3.56. The number of nitrogens with zero attached hydrogens (tertiary/aromatic N) is 2. The Morgan fingerprint density at radius 1 is 1.14 bits per heavy atom. The molecule has 0 saturated heterocycles. The van der Waals surface area contributed by atoms with E-state index in [0.29, 0.717) is 16.4 Å². The largest absolute Gasteiger partial charge is 0.452 e. The van der Waals surface area contributed by atoms with Gasteiger partial charge in [-0.3, -0.25) is 9.36 Å². The first kappa shape index (κ1) is 20.2. The lowest BCUT2D eigenvalue weighted by molar-refractivity contribution is -0.119. The second kappa shape index (κ2) is 8.63. The van der Waals surface area contributed by atoms with E-state index in [1.165, 1.54) is 6.07 Å². The van der Waals surface area contributed by atoms with E-state index in [-0.39, 0.29) is 5.56 Å². The van der Waals surface area contributed by atoms with E-state index >= 15 is 0 Å². The van der Waals surface area contributed by atoms with Gasteiger partial charge in [-0.1, -0.05) is 35.9 Å². The highest BCUT2D eigenvalue weighted by molar-refractivity contribution is 6.30. The highest BCUT2D eigenvalue weighted by Crippen LogP contribution is 2.29. The molecule has 0 spiro atoms. The maximum absolute atomic E-state index is 12.5. The number of aromatic nitrogens is 1. The van der Waals surface area contributed by atoms with Crippen LogP contribution in [0.25, 0.3) is 5.69 Å². The van der Waals surface area contributed by atoms with Crippen LogP contribution in [-0.4, -0.2) is 23.1 Å². The van der Waals surface area contributed by atoms with Crippen LogP contribution in [0.5, 0.6) is 0 Å². The number of amides is 1. The fourth-order valence-electron chi connectivity index (χ4n) is 2.96. The van der Waals surface area contributed by atoms with Crippen molar-refractivity contribution in [2.75, 3.05) is 11.9 Å². The predicted molar refractivity (Wildman–Crippen MR) is 110 cm³/mol. The minimum Gasteiger partial charge on any atom is -0.452 e. The molecule has 1 aromatic heterocycles. The smallest absolute Gasteiger partial charge is 0.338 e. The maximum atomic E-state index is 12.5. The lowest BCUT2D eigenvalue weighted by atomic mass is 10.2. The van der Waals surface area contributed by atoms with Crippen LogP contribution in [0, 0.1) is 25.2 Å². The molecule has 1 heterocycles. The van der Waals surface area contributed by atoms with E-state index in [9.17, 15) is 14.9 Å². The Kier molecular flexibility index (Phi) is 6.01. The summed E-state index contributed by atoms with van der Waals surface area (Å²) in [5.41, 5.74) is 3.02. The molecular weight excluding hydrogens is 390 g/mol. The zero-order valence-corrected chi connectivity index (χ0v) is 16.7. The van der Waals surface area contributed by atoms with Gasteiger partial charge >= 0.3 is 5.97 Å². The van der Waals surface area contributed by atoms with E-state index in [2.05, 4.69) is 11.4 Å². The van der Waals surface area contributed by atoms with Crippen molar-refractivity contribution in [2.24, 2.45) is 0 Å². The van der Waals surface area contributed by atoms with Crippen LogP contribution in [0.1, 0.15) is 27.2 Å². The predicted octanol–water partition coefficient (Wildman–Crippen LogP) is 4.41. The van der Waals surface area contributed by atoms with Crippen LogP contribution >= 0.6 is 11.6 Å². The van der Waals surface area contributed by atoms with Gasteiger partial charge in [-0.25, -0.2) is 4.79 Å². The molecule has 0 atom stereocenters. The van der Waals surface area contributed by atoms with Gasteiger partial charge < -0.3 is 10.1 Å². The van der Waals surface area contributed by atoms with Gasteiger partial charge in [0.05, 0.1) is 11.1 Å². The van der Waals surface area contributed by atoms with Gasteiger partial charge in [0.1, 0.15) is 11.9 Å². The third kappa shape index (κ3) is 4.31. The van der Waals surface area contributed by atoms with E-state index in [1.54, 1.807) is 22.8 Å². The van der Waals surface area contributed by atoms with Crippen molar-refractivity contribution in [1.82, 2.24) is 4.57 Å². The number of hydrogen-bond acceptors (Lipinski definition) is 4. The molecule has 2 aromatic carbocycles. The zero-order valence-electron chi connectivity index (χ0n) is 15.9. The van der Waals surface area contributed by atoms with Gasteiger partial charge in [-0.2, -0.15) is 5.26 Å². The average Bonchev–Trinajstić information content (AvgIpc) is 2.96. The van der Waals surface area contributed by atoms with E-state index < -0.39 is 18.5 Å². The molecule has 1 amide bonds. The first-order valence-corrected chi connectivity index (χ1v) is 9.20. The summed E-state index contributed by atoms with van der Waals surface area (Å²) in [4.78, 5) is 24.6. The van der Waals surface area contributed by atoms with Crippen molar-refractivity contribution >= 4 is 29.3 Å². The Bertz CT molecular complexity index is 1110. The van der Waals surface area contributed by atoms with Crippen LogP contribution < -0.4 is 5.32 Å². The SMILES string of the molecule is Cc1c(C#N)c(NC(=O)COC(=O)c2cccc(Cl)c2)n(-c2ccccc2)c1C. The third-order valence-corrected chi connectivity index (χ3v) is 4.73. The summed E-state index contributed by atoms with van der Waals surface area (Å²) in [7, 11) is 0. The summed E-state index contributed by atoms with van der Waals surface area (Å²) in [5.74, 6) is -0.863. The molecule has 6 nitrogen and oxygen atoms in total. The molecule has 1 N–H and O–H groups in total. The fraction of sp³-hybridized carbons (Fsp3) is 0.136. The third-order valence-electron chi connectivity index (χ3n) is 4.49. The summed E-state index contributed by atoms with van der Waals surface area (Å²) in [5, 5.41) is 12.7. The van der Waals surface area contributed by atoms with Crippen LogP contribution in [0.4, 0.5) is 5.82 Å². The van der Waals surface area contributed by atoms with Gasteiger partial charge in [-0.15, -0.1) is 0 Å². The molecule has 0 unspecified atom stereocenters. The van der Waals surface area contributed by atoms with Gasteiger partial charge in [0.25, 0.3) is 5.91 Å². The molecule has 3 aromatic rings. The standard InChI is InChI=1S/C22H18ClN3O3/c1-14-15(2)26(18-9-4-3-5-10-18)21(19(14)12-24)25-20(27)13-29-22(28)16-7-6-8-17(23)11-16/h3-11H,13H2,1-2H3,(H,25,27). The number of carbonyl (C=O) groups is 2. The number of nitrogens with one attached hydrogen (secondary N) is 1. The molecule has 0 fully saturated rings. The minimum absolute atomic E-state index is 0.252. The Morgan fingerprint density at radius 3 is 2.52 bits per heavy atom. The Labute approximate surface area is 173 Å². The number of carbonyl (C=O) groups excluding carboxylic acids is 2. The Balaban J connectivity index is 1.81. The summed E-state index contributed by atoms with van der Waals surface area (Å²) in [6.07, 6.45) is 0. The number of para-hydroxylation sites is 1. The molecular formula is C22H18ClN3O3.